The SMILES string of the molecule is Cc1cc(=O)n(CC(=O)Nc2cccc(F)c2)c(N)n1. The minimum absolute atomic E-state index is 0.0376. The van der Waals surface area contributed by atoms with Crippen LogP contribution in [0.4, 0.5) is 16.0 Å². The predicted octanol–water partition coefficient (Wildman–Crippen LogP) is 0.912. The van der Waals surface area contributed by atoms with Crippen molar-refractivity contribution in [3.05, 3.63) is 52.2 Å². The molecule has 0 unspecified atom stereocenters. The molecule has 2 aromatic rings. The van der Waals surface area contributed by atoms with E-state index in [-0.39, 0.29) is 12.5 Å². The van der Waals surface area contributed by atoms with Crippen molar-refractivity contribution in [3.63, 3.8) is 0 Å². The third kappa shape index (κ3) is 3.19. The van der Waals surface area contributed by atoms with E-state index in [0.717, 1.165) is 4.57 Å². The Morgan fingerprint density at radius 1 is 1.45 bits per heavy atom. The fourth-order valence-electron chi connectivity index (χ4n) is 1.71. The zero-order valence-electron chi connectivity index (χ0n) is 10.8. The molecule has 20 heavy (non-hydrogen) atoms. The average molecular weight is 276 g/mol. The standard InChI is InChI=1S/C13H13FN4O2/c1-8-5-12(20)18(13(15)16-8)7-11(19)17-10-4-2-3-9(14)6-10/h2-6H,7H2,1H3,(H2,15,16)(H,17,19). The highest BCUT2D eigenvalue weighted by atomic mass is 19.1. The summed E-state index contributed by atoms with van der Waals surface area (Å²) < 4.78 is 14.0. The number of anilines is 2. The highest BCUT2D eigenvalue weighted by Crippen LogP contribution is 2.09. The zero-order chi connectivity index (χ0) is 14.7. The zero-order valence-corrected chi connectivity index (χ0v) is 10.8. The van der Waals surface area contributed by atoms with Gasteiger partial charge >= 0.3 is 0 Å². The summed E-state index contributed by atoms with van der Waals surface area (Å²) in [6.45, 7) is 1.35. The first kappa shape index (κ1) is 13.7. The molecule has 3 N–H and O–H groups in total. The molecule has 0 saturated carbocycles. The molecule has 0 saturated heterocycles. The molecule has 0 aliphatic rings. The Bertz CT molecular complexity index is 712. The number of nitrogens with zero attached hydrogens (tertiary/aromatic N) is 2. The topological polar surface area (TPSA) is 90.0 Å². The van der Waals surface area contributed by atoms with Crippen LogP contribution >= 0.6 is 0 Å². The Morgan fingerprint density at radius 3 is 2.85 bits per heavy atom. The van der Waals surface area contributed by atoms with Crippen molar-refractivity contribution in [2.75, 3.05) is 11.1 Å². The Labute approximate surface area is 114 Å². The van der Waals surface area contributed by atoms with E-state index in [0.29, 0.717) is 11.4 Å². The first-order chi connectivity index (χ1) is 9.45. The summed E-state index contributed by atoms with van der Waals surface area (Å²) in [5, 5.41) is 2.48. The van der Waals surface area contributed by atoms with E-state index in [9.17, 15) is 14.0 Å². The van der Waals surface area contributed by atoms with Crippen molar-refractivity contribution in [1.29, 1.82) is 0 Å². The Morgan fingerprint density at radius 2 is 2.20 bits per heavy atom. The molecule has 0 aliphatic heterocycles. The lowest BCUT2D eigenvalue weighted by Crippen LogP contribution is -2.30. The Balaban J connectivity index is 2.15. The minimum atomic E-state index is -0.491. The Kier molecular flexibility index (Phi) is 3.79. The van der Waals surface area contributed by atoms with Gasteiger partial charge in [-0.1, -0.05) is 6.07 Å². The van der Waals surface area contributed by atoms with Crippen LogP contribution in [0.5, 0.6) is 0 Å². The number of nitrogens with one attached hydrogen (secondary N) is 1. The van der Waals surface area contributed by atoms with E-state index < -0.39 is 17.3 Å². The number of nitrogens with two attached hydrogens (primary N) is 1. The van der Waals surface area contributed by atoms with Crippen molar-refractivity contribution >= 4 is 17.5 Å². The molecule has 7 heteroatoms. The molecule has 0 fully saturated rings. The van der Waals surface area contributed by atoms with Gasteiger partial charge in [-0.05, 0) is 25.1 Å². The maximum Gasteiger partial charge on any atom is 0.255 e. The van der Waals surface area contributed by atoms with E-state index >= 15 is 0 Å². The lowest BCUT2D eigenvalue weighted by Gasteiger charge is -2.09. The van der Waals surface area contributed by atoms with Crippen LogP contribution in [0.15, 0.2) is 35.1 Å². The van der Waals surface area contributed by atoms with Crippen LogP contribution in [0.1, 0.15) is 5.69 Å². The number of carbonyl (C=O) groups excluding carboxylic acids is 1. The first-order valence-electron chi connectivity index (χ1n) is 5.85. The number of rotatable bonds is 3. The third-order valence-corrected chi connectivity index (χ3v) is 2.58. The number of aryl methyl sites for hydroxylation is 1. The van der Waals surface area contributed by atoms with Crippen molar-refractivity contribution in [1.82, 2.24) is 9.55 Å². The van der Waals surface area contributed by atoms with Crippen LogP contribution in [0.3, 0.4) is 0 Å². The first-order valence-corrected chi connectivity index (χ1v) is 5.85. The molecule has 0 bridgehead atoms. The number of hydrogen-bond acceptors (Lipinski definition) is 4. The second kappa shape index (κ2) is 5.52. The van der Waals surface area contributed by atoms with Gasteiger partial charge in [0.1, 0.15) is 12.4 Å². The van der Waals surface area contributed by atoms with Gasteiger partial charge < -0.3 is 11.1 Å². The lowest BCUT2D eigenvalue weighted by molar-refractivity contribution is -0.116. The smallest absolute Gasteiger partial charge is 0.255 e. The summed E-state index contributed by atoms with van der Waals surface area (Å²) in [6, 6.07) is 6.74. The molecular weight excluding hydrogens is 263 g/mol. The molecule has 0 atom stereocenters. The second-order valence-electron chi connectivity index (χ2n) is 4.24. The van der Waals surface area contributed by atoms with Gasteiger partial charge in [0.2, 0.25) is 11.9 Å². The molecule has 1 aromatic carbocycles. The van der Waals surface area contributed by atoms with Crippen LogP contribution < -0.4 is 16.6 Å². The van der Waals surface area contributed by atoms with Crippen molar-refractivity contribution in [3.8, 4) is 0 Å². The number of nitrogen functional groups attached to an aromatic ring is 1. The molecule has 0 spiro atoms. The number of amides is 1. The van der Waals surface area contributed by atoms with E-state index in [4.69, 9.17) is 5.73 Å². The summed E-state index contributed by atoms with van der Waals surface area (Å²) in [7, 11) is 0. The highest BCUT2D eigenvalue weighted by Gasteiger charge is 2.09. The normalized spacial score (nSPS) is 10.3. The summed E-state index contributed by atoms with van der Waals surface area (Å²) in [6.07, 6.45) is 0. The molecule has 1 aromatic heterocycles. The van der Waals surface area contributed by atoms with E-state index in [1.165, 1.54) is 24.3 Å². The summed E-state index contributed by atoms with van der Waals surface area (Å²) in [5.74, 6) is -0.990. The molecule has 6 nitrogen and oxygen atoms in total. The maximum atomic E-state index is 13.0. The minimum Gasteiger partial charge on any atom is -0.369 e. The van der Waals surface area contributed by atoms with Gasteiger partial charge in [-0.2, -0.15) is 0 Å². The number of aromatic nitrogens is 2. The van der Waals surface area contributed by atoms with Gasteiger partial charge in [0.25, 0.3) is 5.56 Å². The fraction of sp³-hybridized carbons (Fsp3) is 0.154. The second-order valence-corrected chi connectivity index (χ2v) is 4.24. The number of hydrogen-bond donors (Lipinski definition) is 2. The molecule has 0 radical (unpaired) electrons. The van der Waals surface area contributed by atoms with Gasteiger partial charge in [-0.3, -0.25) is 14.2 Å². The summed E-state index contributed by atoms with van der Waals surface area (Å²) >= 11 is 0. The van der Waals surface area contributed by atoms with Crippen LogP contribution in [-0.2, 0) is 11.3 Å². The van der Waals surface area contributed by atoms with E-state index in [1.54, 1.807) is 13.0 Å². The molecule has 1 heterocycles. The highest BCUT2D eigenvalue weighted by molar-refractivity contribution is 5.90. The maximum absolute atomic E-state index is 13.0. The number of halogens is 1. The van der Waals surface area contributed by atoms with Gasteiger partial charge in [0, 0.05) is 17.4 Å². The average Bonchev–Trinajstić information content (AvgIpc) is 2.33. The van der Waals surface area contributed by atoms with Crippen molar-refractivity contribution in [2.45, 2.75) is 13.5 Å². The van der Waals surface area contributed by atoms with Crippen LogP contribution in [0.25, 0.3) is 0 Å². The molecule has 104 valence electrons. The number of carbonyl (C=O) groups is 1. The van der Waals surface area contributed by atoms with E-state index in [2.05, 4.69) is 10.3 Å². The van der Waals surface area contributed by atoms with Gasteiger partial charge in [-0.15, -0.1) is 0 Å². The van der Waals surface area contributed by atoms with E-state index in [1.807, 2.05) is 0 Å². The Hall–Kier alpha value is -2.70. The monoisotopic (exact) mass is 276 g/mol. The molecule has 1 amide bonds. The largest absolute Gasteiger partial charge is 0.369 e. The van der Waals surface area contributed by atoms with Crippen LogP contribution in [-0.4, -0.2) is 15.5 Å². The molecule has 0 aliphatic carbocycles. The quantitative estimate of drug-likeness (QED) is 0.872. The van der Waals surface area contributed by atoms with Crippen LogP contribution in [0, 0.1) is 12.7 Å². The third-order valence-electron chi connectivity index (χ3n) is 2.58. The van der Waals surface area contributed by atoms with Gasteiger partial charge in [0.05, 0.1) is 0 Å². The number of benzene rings is 1. The lowest BCUT2D eigenvalue weighted by atomic mass is 10.3. The molecular formula is C13H13FN4O2. The van der Waals surface area contributed by atoms with Crippen molar-refractivity contribution in [2.24, 2.45) is 0 Å². The fourth-order valence-corrected chi connectivity index (χ4v) is 1.71. The van der Waals surface area contributed by atoms with Crippen LogP contribution in [0.2, 0.25) is 0 Å². The van der Waals surface area contributed by atoms with Crippen molar-refractivity contribution < 1.29 is 9.18 Å². The van der Waals surface area contributed by atoms with Gasteiger partial charge in [-0.25, -0.2) is 9.37 Å². The summed E-state index contributed by atoms with van der Waals surface area (Å²) in [5.41, 5.74) is 5.98. The van der Waals surface area contributed by atoms with Gasteiger partial charge in [0.15, 0.2) is 0 Å². The summed E-state index contributed by atoms with van der Waals surface area (Å²) in [4.78, 5) is 27.4. The molecule has 2 rings (SSSR count). The predicted molar refractivity (Wildman–Crippen MR) is 72.7 cm³/mol.